The fraction of sp³-hybridized carbons (Fsp3) is 0.148. The average molecular weight is 761 g/mol. The SMILES string of the molecule is c1ccc(-c2c(N3c4cccc5c4B(c4oc6ccccc6c4N5c4ccc5c(c4-c4ccccc4)CCCC5)c4c3oc3ccccc43)ccc3c2CCCC3)cc1. The van der Waals surface area contributed by atoms with Crippen LogP contribution >= 0.6 is 0 Å². The van der Waals surface area contributed by atoms with Crippen LogP contribution in [-0.2, 0) is 25.7 Å². The maximum atomic E-state index is 7.23. The van der Waals surface area contributed by atoms with E-state index in [1.807, 2.05) is 0 Å². The van der Waals surface area contributed by atoms with E-state index in [2.05, 4.69) is 161 Å². The van der Waals surface area contributed by atoms with Crippen LogP contribution in [0.5, 0.6) is 0 Å². The summed E-state index contributed by atoms with van der Waals surface area (Å²) in [4.78, 5) is 5.02. The Bertz CT molecular complexity index is 3140. The van der Waals surface area contributed by atoms with E-state index in [0.717, 1.165) is 81.7 Å². The molecule has 0 saturated heterocycles. The van der Waals surface area contributed by atoms with Crippen molar-refractivity contribution in [1.29, 1.82) is 0 Å². The Morgan fingerprint density at radius 1 is 0.407 bits per heavy atom. The lowest BCUT2D eigenvalue weighted by atomic mass is 9.35. The van der Waals surface area contributed by atoms with E-state index in [1.54, 1.807) is 0 Å². The number of para-hydroxylation sites is 2. The van der Waals surface area contributed by atoms with Crippen LogP contribution in [-0.4, -0.2) is 6.71 Å². The third-order valence-corrected chi connectivity index (χ3v) is 13.6. The van der Waals surface area contributed by atoms with E-state index in [4.69, 9.17) is 8.83 Å². The molecule has 13 rings (SSSR count). The third kappa shape index (κ3) is 4.79. The van der Waals surface area contributed by atoms with Gasteiger partial charge in [-0.2, -0.15) is 0 Å². The van der Waals surface area contributed by atoms with Crippen molar-refractivity contribution in [3.63, 3.8) is 0 Å². The second-order valence-electron chi connectivity index (χ2n) is 16.8. The number of hydrogen-bond donors (Lipinski definition) is 0. The van der Waals surface area contributed by atoms with Gasteiger partial charge in [0.25, 0.3) is 0 Å². The quantitative estimate of drug-likeness (QED) is 0.167. The van der Waals surface area contributed by atoms with Crippen LogP contribution in [0.25, 0.3) is 44.2 Å². The Labute approximate surface area is 344 Å². The van der Waals surface area contributed by atoms with Crippen LogP contribution in [0, 0.1) is 0 Å². The molecule has 7 aromatic carbocycles. The molecule has 5 heteroatoms. The lowest BCUT2D eigenvalue weighted by molar-refractivity contribution is 0.621. The van der Waals surface area contributed by atoms with Crippen LogP contribution in [0.3, 0.4) is 0 Å². The van der Waals surface area contributed by atoms with Crippen molar-refractivity contribution in [2.24, 2.45) is 0 Å². The van der Waals surface area contributed by atoms with Gasteiger partial charge >= 0.3 is 6.71 Å². The average Bonchev–Trinajstić information content (AvgIpc) is 3.88. The molecule has 282 valence electrons. The summed E-state index contributed by atoms with van der Waals surface area (Å²) in [7, 11) is 0. The van der Waals surface area contributed by atoms with Gasteiger partial charge in [0.2, 0.25) is 5.88 Å². The van der Waals surface area contributed by atoms with Crippen LogP contribution in [0.2, 0.25) is 0 Å². The smallest absolute Gasteiger partial charge is 0.302 e. The second-order valence-corrected chi connectivity index (χ2v) is 16.8. The minimum absolute atomic E-state index is 0.189. The molecule has 0 bridgehead atoms. The first-order valence-electron chi connectivity index (χ1n) is 21.5. The molecule has 2 aliphatic carbocycles. The molecule has 0 radical (unpaired) electrons. The van der Waals surface area contributed by atoms with Crippen LogP contribution in [0.4, 0.5) is 34.3 Å². The standard InChI is InChI=1S/C54H41BN2O2/c1-3-18-36(19-4-1)48-38-22-9-7-16-34(38)30-32-42(48)56-44-26-15-27-45-51(44)55(53-52(56)41-25-12-14-29-47(41)58-53)50-40-24-11-13-28-46(40)59-54(50)57(45)43-33-31-35-17-8-10-23-39(35)49(43)37-20-5-2-6-21-37/h1-6,11-15,18-21,24-33H,7-10,16-17,22-23H2. The van der Waals surface area contributed by atoms with Gasteiger partial charge in [-0.1, -0.05) is 109 Å². The van der Waals surface area contributed by atoms with Gasteiger partial charge in [0, 0.05) is 38.7 Å². The zero-order valence-electron chi connectivity index (χ0n) is 32.9. The number of hydrogen-bond acceptors (Lipinski definition) is 4. The minimum Gasteiger partial charge on any atom is -0.468 e. The molecule has 0 unspecified atom stereocenters. The highest BCUT2D eigenvalue weighted by molar-refractivity contribution is 7.01. The van der Waals surface area contributed by atoms with Crippen molar-refractivity contribution >= 4 is 79.6 Å². The monoisotopic (exact) mass is 760 g/mol. The molecule has 0 atom stereocenters. The fourth-order valence-electron chi connectivity index (χ4n) is 11.2. The van der Waals surface area contributed by atoms with E-state index in [1.165, 1.54) is 87.0 Å². The zero-order chi connectivity index (χ0) is 38.6. The summed E-state index contributed by atoms with van der Waals surface area (Å²) < 4.78 is 14.4. The van der Waals surface area contributed by atoms with Crippen LogP contribution in [0.1, 0.15) is 47.9 Å². The topological polar surface area (TPSA) is 32.8 Å². The molecule has 2 aliphatic heterocycles. The molecule has 4 heterocycles. The van der Waals surface area contributed by atoms with E-state index in [0.29, 0.717) is 0 Å². The normalized spacial score (nSPS) is 15.2. The van der Waals surface area contributed by atoms with Crippen molar-refractivity contribution in [2.45, 2.75) is 51.4 Å². The van der Waals surface area contributed by atoms with Crippen molar-refractivity contribution in [3.8, 4) is 22.3 Å². The molecule has 2 aromatic heterocycles. The van der Waals surface area contributed by atoms with Crippen molar-refractivity contribution in [3.05, 3.63) is 174 Å². The second kappa shape index (κ2) is 12.9. The summed E-state index contributed by atoms with van der Waals surface area (Å²) in [6, 6.07) is 55.8. The highest BCUT2D eigenvalue weighted by Gasteiger charge is 2.49. The van der Waals surface area contributed by atoms with Gasteiger partial charge in [-0.05, 0) is 133 Å². The van der Waals surface area contributed by atoms with Crippen molar-refractivity contribution in [2.75, 3.05) is 9.80 Å². The van der Waals surface area contributed by atoms with Crippen LogP contribution < -0.4 is 26.4 Å². The number of aryl methyl sites for hydroxylation is 2. The molecule has 4 nitrogen and oxygen atoms in total. The third-order valence-electron chi connectivity index (χ3n) is 13.6. The summed E-state index contributed by atoms with van der Waals surface area (Å²) in [6.07, 6.45) is 9.25. The van der Waals surface area contributed by atoms with Gasteiger partial charge in [-0.15, -0.1) is 0 Å². The number of rotatable bonds is 4. The molecule has 0 amide bonds. The summed E-state index contributed by atoms with van der Waals surface area (Å²) >= 11 is 0. The van der Waals surface area contributed by atoms with Gasteiger partial charge in [-0.25, -0.2) is 0 Å². The number of anilines is 6. The maximum absolute atomic E-state index is 7.23. The highest BCUT2D eigenvalue weighted by Crippen LogP contribution is 2.52. The Hall–Kier alpha value is -6.72. The predicted octanol–water partition coefficient (Wildman–Crippen LogP) is 12.4. The van der Waals surface area contributed by atoms with E-state index in [9.17, 15) is 0 Å². The van der Waals surface area contributed by atoms with Crippen molar-refractivity contribution < 1.29 is 8.83 Å². The van der Waals surface area contributed by atoms with E-state index < -0.39 is 0 Å². The minimum atomic E-state index is -0.189. The first-order valence-corrected chi connectivity index (χ1v) is 21.5. The van der Waals surface area contributed by atoms with Gasteiger partial charge in [0.05, 0.1) is 22.7 Å². The summed E-state index contributed by atoms with van der Waals surface area (Å²) in [5, 5.41) is 2.24. The summed E-state index contributed by atoms with van der Waals surface area (Å²) in [6.45, 7) is -0.189. The zero-order valence-corrected chi connectivity index (χ0v) is 32.9. The molecular formula is C54H41BN2O2. The molecule has 0 spiro atoms. The van der Waals surface area contributed by atoms with Crippen molar-refractivity contribution in [1.82, 2.24) is 0 Å². The summed E-state index contributed by atoms with van der Waals surface area (Å²) in [5.74, 6) is 0.868. The van der Waals surface area contributed by atoms with Crippen LogP contribution in [0.15, 0.2) is 160 Å². The van der Waals surface area contributed by atoms with Gasteiger partial charge in [0.15, 0.2) is 0 Å². The molecule has 0 fully saturated rings. The maximum Gasteiger partial charge on any atom is 0.302 e. The number of benzene rings is 7. The lowest BCUT2D eigenvalue weighted by Crippen LogP contribution is -2.60. The molecule has 0 N–H and O–H groups in total. The summed E-state index contributed by atoms with van der Waals surface area (Å²) in [5.41, 5.74) is 22.0. The predicted molar refractivity (Wildman–Crippen MR) is 244 cm³/mol. The first kappa shape index (κ1) is 33.3. The largest absolute Gasteiger partial charge is 0.468 e. The fourth-order valence-corrected chi connectivity index (χ4v) is 11.2. The van der Waals surface area contributed by atoms with E-state index >= 15 is 0 Å². The number of fused-ring (bicyclic) bond motifs is 10. The Morgan fingerprint density at radius 2 is 0.932 bits per heavy atom. The van der Waals surface area contributed by atoms with E-state index in [-0.39, 0.29) is 6.71 Å². The van der Waals surface area contributed by atoms with Gasteiger partial charge < -0.3 is 13.7 Å². The molecule has 0 saturated carbocycles. The number of furan rings is 2. The molecule has 4 aliphatic rings. The number of nitrogens with zero attached hydrogens (tertiary/aromatic N) is 2. The molecule has 59 heavy (non-hydrogen) atoms. The first-order chi connectivity index (χ1) is 29.3. The Morgan fingerprint density at radius 3 is 1.58 bits per heavy atom. The van der Waals surface area contributed by atoms with Gasteiger partial charge in [0.1, 0.15) is 11.2 Å². The van der Waals surface area contributed by atoms with Gasteiger partial charge in [-0.3, -0.25) is 4.90 Å². The molecular weight excluding hydrogens is 719 g/mol. The Balaban J connectivity index is 1.16. The Kier molecular flexibility index (Phi) is 7.27. The highest BCUT2D eigenvalue weighted by atomic mass is 16.4. The molecule has 9 aromatic rings. The lowest BCUT2D eigenvalue weighted by Gasteiger charge is -2.42.